The Bertz CT molecular complexity index is 1690. The Morgan fingerprint density at radius 2 is 0.776 bits per heavy atom. The molecule has 3 aliphatic rings. The Hall–Kier alpha value is -1.99. The molecule has 0 aromatic rings. The molecule has 19 nitrogen and oxygen atoms in total. The Morgan fingerprint density at radius 3 is 1.24 bits per heavy atom. The van der Waals surface area contributed by atoms with E-state index >= 15 is 0 Å². The SMILES string of the molecule is CCCCC/C=C\C/C=C\C/C=C\CCCCCCCCC(=O)NC(COC1OC(CO)C(OC2OC(CO)C(OC3OC(CO)C(O)C(O)C3O)C(O)C2O)C(O)C1O)C(O)CCCCCCCCCCCCCCCCCCCCCCC. The molecule has 498 valence electrons. The molecule has 3 saturated heterocycles. The van der Waals surface area contributed by atoms with Crippen LogP contribution in [0.1, 0.15) is 245 Å². The fourth-order valence-electron chi connectivity index (χ4n) is 11.4. The van der Waals surface area contributed by atoms with Crippen LogP contribution in [-0.4, -0.2) is 193 Å². The van der Waals surface area contributed by atoms with Crippen LogP contribution in [0.2, 0.25) is 0 Å². The molecular formula is C66H121NO18. The lowest BCUT2D eigenvalue weighted by Crippen LogP contribution is -2.66. The van der Waals surface area contributed by atoms with Gasteiger partial charge >= 0.3 is 0 Å². The molecule has 0 aromatic carbocycles. The number of ether oxygens (including phenoxy) is 6. The summed E-state index contributed by atoms with van der Waals surface area (Å²) in [6, 6.07) is -0.895. The van der Waals surface area contributed by atoms with Crippen LogP contribution in [0.3, 0.4) is 0 Å². The summed E-state index contributed by atoms with van der Waals surface area (Å²) in [5.41, 5.74) is 0. The number of aliphatic hydroxyl groups excluding tert-OH is 11. The summed E-state index contributed by atoms with van der Waals surface area (Å²) in [7, 11) is 0. The number of hydrogen-bond donors (Lipinski definition) is 12. The van der Waals surface area contributed by atoms with Gasteiger partial charge in [0.2, 0.25) is 5.91 Å². The maximum Gasteiger partial charge on any atom is 0.220 e. The summed E-state index contributed by atoms with van der Waals surface area (Å²) in [5, 5.41) is 121. The lowest BCUT2D eigenvalue weighted by atomic mass is 9.96. The van der Waals surface area contributed by atoms with Crippen molar-refractivity contribution in [2.24, 2.45) is 0 Å². The third-order valence-electron chi connectivity index (χ3n) is 17.0. The number of carbonyl (C=O) groups excluding carboxylic acids is 1. The summed E-state index contributed by atoms with van der Waals surface area (Å²) in [6.45, 7) is 1.78. The molecule has 3 heterocycles. The van der Waals surface area contributed by atoms with E-state index in [1.807, 2.05) is 0 Å². The molecule has 0 spiro atoms. The second-order valence-corrected chi connectivity index (χ2v) is 24.3. The summed E-state index contributed by atoms with van der Waals surface area (Å²) < 4.78 is 34.4. The molecule has 0 aliphatic carbocycles. The van der Waals surface area contributed by atoms with E-state index in [0.29, 0.717) is 12.8 Å². The van der Waals surface area contributed by atoms with E-state index in [-0.39, 0.29) is 18.9 Å². The Labute approximate surface area is 511 Å². The average Bonchev–Trinajstić information content (AvgIpc) is 3.10. The molecular weight excluding hydrogens is 1090 g/mol. The summed E-state index contributed by atoms with van der Waals surface area (Å²) in [4.78, 5) is 13.4. The van der Waals surface area contributed by atoms with E-state index < -0.39 is 124 Å². The van der Waals surface area contributed by atoms with Gasteiger partial charge in [-0.3, -0.25) is 4.79 Å². The van der Waals surface area contributed by atoms with Crippen molar-refractivity contribution in [2.45, 2.75) is 349 Å². The van der Waals surface area contributed by atoms with Gasteiger partial charge in [0.05, 0.1) is 38.6 Å². The molecule has 0 saturated carbocycles. The minimum atomic E-state index is -1.97. The molecule has 3 fully saturated rings. The topological polar surface area (TPSA) is 307 Å². The number of unbranched alkanes of at least 4 members (excludes halogenated alkanes) is 29. The number of aliphatic hydroxyl groups is 11. The molecule has 0 radical (unpaired) electrons. The van der Waals surface area contributed by atoms with Gasteiger partial charge in [0.15, 0.2) is 18.9 Å². The lowest BCUT2D eigenvalue weighted by molar-refractivity contribution is -0.379. The Kier molecular flexibility index (Phi) is 44.4. The van der Waals surface area contributed by atoms with Crippen molar-refractivity contribution >= 4 is 5.91 Å². The highest BCUT2D eigenvalue weighted by Crippen LogP contribution is 2.33. The molecule has 17 unspecified atom stereocenters. The van der Waals surface area contributed by atoms with Gasteiger partial charge < -0.3 is 89.9 Å². The van der Waals surface area contributed by atoms with Crippen molar-refractivity contribution in [3.8, 4) is 0 Å². The van der Waals surface area contributed by atoms with Gasteiger partial charge in [-0.15, -0.1) is 0 Å². The summed E-state index contributed by atoms with van der Waals surface area (Å²) in [6.07, 6.45) is 27.8. The van der Waals surface area contributed by atoms with Crippen LogP contribution in [0.15, 0.2) is 36.5 Å². The van der Waals surface area contributed by atoms with E-state index in [4.69, 9.17) is 28.4 Å². The Morgan fingerprint density at radius 1 is 0.424 bits per heavy atom. The standard InChI is InChI=1S/C66H121NO18/c1-3-5-7-9-11-13-15-17-19-21-23-24-26-27-29-31-33-35-37-39-41-43-50(71)49(67-54(72)44-42-40-38-36-34-32-30-28-25-22-20-18-16-14-12-10-8-6-4-2)48-80-64-60(78)57(75)62(52(46-69)82-64)85-66-61(79)58(76)63(53(47-70)83-66)84-65-59(77)56(74)55(73)51(45-68)81-65/h12,14,18,20,25,28,49-53,55-66,68-71,73-79H,3-11,13,15-17,19,21-24,26-27,29-48H2,1-2H3,(H,67,72)/b14-12-,20-18-,28-25-. The molecule has 12 N–H and O–H groups in total. The fraction of sp³-hybridized carbons (Fsp3) is 0.894. The smallest absolute Gasteiger partial charge is 0.220 e. The zero-order valence-electron chi connectivity index (χ0n) is 52.3. The van der Waals surface area contributed by atoms with E-state index in [2.05, 4.69) is 55.6 Å². The first-order chi connectivity index (χ1) is 41.3. The molecule has 85 heavy (non-hydrogen) atoms. The molecule has 0 aromatic heterocycles. The lowest BCUT2D eigenvalue weighted by Gasteiger charge is -2.48. The van der Waals surface area contributed by atoms with Gasteiger partial charge in [-0.1, -0.05) is 224 Å². The van der Waals surface area contributed by atoms with Gasteiger partial charge in [-0.05, 0) is 51.4 Å². The van der Waals surface area contributed by atoms with Gasteiger partial charge in [-0.2, -0.15) is 0 Å². The van der Waals surface area contributed by atoms with Crippen LogP contribution in [0.25, 0.3) is 0 Å². The number of nitrogens with one attached hydrogen (secondary N) is 1. The van der Waals surface area contributed by atoms with Crippen LogP contribution in [0, 0.1) is 0 Å². The zero-order chi connectivity index (χ0) is 61.9. The van der Waals surface area contributed by atoms with E-state index in [9.17, 15) is 61.0 Å². The Balaban J connectivity index is 1.46. The van der Waals surface area contributed by atoms with Crippen molar-refractivity contribution in [2.75, 3.05) is 26.4 Å². The normalized spacial score (nSPS) is 29.2. The number of amides is 1. The second-order valence-electron chi connectivity index (χ2n) is 24.3. The van der Waals surface area contributed by atoms with E-state index in [0.717, 1.165) is 83.5 Å². The first-order valence-corrected chi connectivity index (χ1v) is 33.7. The fourth-order valence-corrected chi connectivity index (χ4v) is 11.4. The van der Waals surface area contributed by atoms with Crippen LogP contribution >= 0.6 is 0 Å². The monoisotopic (exact) mass is 1220 g/mol. The molecule has 3 aliphatic heterocycles. The average molecular weight is 1220 g/mol. The number of hydrogen-bond acceptors (Lipinski definition) is 18. The summed E-state index contributed by atoms with van der Waals surface area (Å²) >= 11 is 0. The number of allylic oxidation sites excluding steroid dienone is 6. The van der Waals surface area contributed by atoms with E-state index in [1.165, 1.54) is 128 Å². The number of carbonyl (C=O) groups is 1. The van der Waals surface area contributed by atoms with Crippen molar-refractivity contribution in [3.05, 3.63) is 36.5 Å². The third-order valence-corrected chi connectivity index (χ3v) is 17.0. The second kappa shape index (κ2) is 48.8. The minimum Gasteiger partial charge on any atom is -0.394 e. The van der Waals surface area contributed by atoms with Crippen molar-refractivity contribution in [1.29, 1.82) is 0 Å². The van der Waals surface area contributed by atoms with Crippen LogP contribution in [-0.2, 0) is 33.2 Å². The largest absolute Gasteiger partial charge is 0.394 e. The maximum atomic E-state index is 13.4. The molecule has 17 atom stereocenters. The quantitative estimate of drug-likeness (QED) is 0.0202. The first-order valence-electron chi connectivity index (χ1n) is 33.7. The van der Waals surface area contributed by atoms with Crippen LogP contribution in [0.4, 0.5) is 0 Å². The predicted octanol–water partition coefficient (Wildman–Crippen LogP) is 8.05. The minimum absolute atomic E-state index is 0.252. The highest BCUT2D eigenvalue weighted by molar-refractivity contribution is 5.76. The van der Waals surface area contributed by atoms with Gasteiger partial charge in [-0.25, -0.2) is 0 Å². The molecule has 0 bridgehead atoms. The van der Waals surface area contributed by atoms with Crippen molar-refractivity contribution < 1.29 is 89.4 Å². The van der Waals surface area contributed by atoms with Crippen LogP contribution < -0.4 is 5.32 Å². The molecule has 19 heteroatoms. The predicted molar refractivity (Wildman–Crippen MR) is 328 cm³/mol. The van der Waals surface area contributed by atoms with Crippen molar-refractivity contribution in [3.63, 3.8) is 0 Å². The first kappa shape index (κ1) is 77.3. The van der Waals surface area contributed by atoms with Gasteiger partial charge in [0, 0.05) is 6.42 Å². The summed E-state index contributed by atoms with van der Waals surface area (Å²) in [5.74, 6) is -0.254. The molecule has 3 rings (SSSR count). The maximum absolute atomic E-state index is 13.4. The molecule has 1 amide bonds. The number of rotatable bonds is 51. The van der Waals surface area contributed by atoms with Gasteiger partial charge in [0.1, 0.15) is 73.2 Å². The highest BCUT2D eigenvalue weighted by atomic mass is 16.8. The zero-order valence-corrected chi connectivity index (χ0v) is 52.3. The van der Waals surface area contributed by atoms with Crippen molar-refractivity contribution in [1.82, 2.24) is 5.32 Å². The van der Waals surface area contributed by atoms with Gasteiger partial charge in [0.25, 0.3) is 0 Å². The van der Waals surface area contributed by atoms with E-state index in [1.54, 1.807) is 0 Å². The third kappa shape index (κ3) is 31.5. The van der Waals surface area contributed by atoms with Crippen LogP contribution in [0.5, 0.6) is 0 Å². The highest BCUT2D eigenvalue weighted by Gasteiger charge is 2.53.